The third-order valence-electron chi connectivity index (χ3n) is 3.00. The molecule has 0 spiro atoms. The van der Waals surface area contributed by atoms with Crippen molar-refractivity contribution >= 4 is 41.5 Å². The molecular weight excluding hydrogens is 307 g/mol. The van der Waals surface area contributed by atoms with Crippen LogP contribution in [0.15, 0.2) is 18.2 Å². The monoisotopic (exact) mass is 322 g/mol. The summed E-state index contributed by atoms with van der Waals surface area (Å²) in [5.41, 5.74) is 6.65. The van der Waals surface area contributed by atoms with Crippen LogP contribution in [0.2, 0.25) is 10.0 Å². The topological polar surface area (TPSA) is 46.3 Å². The molecule has 1 atom stereocenters. The van der Waals surface area contributed by atoms with Gasteiger partial charge < -0.3 is 10.6 Å². The van der Waals surface area contributed by atoms with Crippen molar-refractivity contribution < 1.29 is 4.79 Å². The Kier molecular flexibility index (Phi) is 5.93. The molecule has 0 unspecified atom stereocenters. The van der Waals surface area contributed by atoms with Crippen molar-refractivity contribution in [1.82, 2.24) is 4.90 Å². The highest BCUT2D eigenvalue weighted by atomic mass is 35.5. The van der Waals surface area contributed by atoms with Gasteiger partial charge in [0.1, 0.15) is 0 Å². The number of hydrogen-bond acceptors (Lipinski definition) is 2. The van der Waals surface area contributed by atoms with Crippen LogP contribution in [0.4, 0.5) is 0 Å². The highest BCUT2D eigenvalue weighted by Crippen LogP contribution is 2.30. The first-order valence-electron chi connectivity index (χ1n) is 5.99. The minimum atomic E-state index is -0.464. The molecule has 0 radical (unpaired) electrons. The third kappa shape index (κ3) is 4.25. The molecule has 1 amide bonds. The summed E-state index contributed by atoms with van der Waals surface area (Å²) in [6.07, 6.45) is 2.11. The molecule has 0 saturated heterocycles. The van der Waals surface area contributed by atoms with Gasteiger partial charge in [-0.25, -0.2) is 0 Å². The minimum absolute atomic E-state index is 0. The van der Waals surface area contributed by atoms with E-state index in [0.717, 1.165) is 18.4 Å². The third-order valence-corrected chi connectivity index (χ3v) is 3.74. The lowest BCUT2D eigenvalue weighted by molar-refractivity contribution is -0.133. The Morgan fingerprint density at radius 3 is 2.53 bits per heavy atom. The van der Waals surface area contributed by atoms with Gasteiger partial charge in [-0.2, -0.15) is 0 Å². The molecule has 0 bridgehead atoms. The molecule has 0 aliphatic heterocycles. The molecule has 106 valence electrons. The first-order valence-corrected chi connectivity index (χ1v) is 6.74. The predicted octanol–water partition coefficient (Wildman–Crippen LogP) is 3.25. The molecule has 6 heteroatoms. The van der Waals surface area contributed by atoms with E-state index in [1.165, 1.54) is 0 Å². The lowest BCUT2D eigenvalue weighted by Gasteiger charge is -2.24. The van der Waals surface area contributed by atoms with Crippen molar-refractivity contribution in [3.05, 3.63) is 33.8 Å². The SMILES string of the molecule is C[C@@H](N)C(=O)N(Cc1ccc(Cl)c(Cl)c1)C1CC1.Cl. The van der Waals surface area contributed by atoms with Crippen LogP contribution in [0.25, 0.3) is 0 Å². The Morgan fingerprint density at radius 2 is 2.05 bits per heavy atom. The van der Waals surface area contributed by atoms with Crippen molar-refractivity contribution in [1.29, 1.82) is 0 Å². The van der Waals surface area contributed by atoms with Crippen LogP contribution in [0.3, 0.4) is 0 Å². The standard InChI is InChI=1S/C13H16Cl2N2O.ClH/c1-8(16)13(18)17(10-3-4-10)7-9-2-5-11(14)12(15)6-9;/h2,5-6,8,10H,3-4,7,16H2,1H3;1H/t8-;/m1./s1. The maximum absolute atomic E-state index is 12.0. The maximum atomic E-state index is 12.0. The van der Waals surface area contributed by atoms with Crippen molar-refractivity contribution in [2.45, 2.75) is 38.4 Å². The van der Waals surface area contributed by atoms with Gasteiger partial charge in [0.2, 0.25) is 5.91 Å². The molecule has 0 aromatic heterocycles. The van der Waals surface area contributed by atoms with Crippen LogP contribution in [0, 0.1) is 0 Å². The zero-order valence-corrected chi connectivity index (χ0v) is 12.9. The Balaban J connectivity index is 0.00000180. The average molecular weight is 324 g/mol. The van der Waals surface area contributed by atoms with Crippen LogP contribution >= 0.6 is 35.6 Å². The van der Waals surface area contributed by atoms with E-state index < -0.39 is 6.04 Å². The molecule has 19 heavy (non-hydrogen) atoms. The zero-order chi connectivity index (χ0) is 13.3. The highest BCUT2D eigenvalue weighted by molar-refractivity contribution is 6.42. The Bertz CT molecular complexity index is 461. The molecule has 1 aromatic carbocycles. The lowest BCUT2D eigenvalue weighted by Crippen LogP contribution is -2.42. The summed E-state index contributed by atoms with van der Waals surface area (Å²) >= 11 is 11.8. The number of amides is 1. The van der Waals surface area contributed by atoms with Gasteiger partial charge in [-0.1, -0.05) is 29.3 Å². The predicted molar refractivity (Wildman–Crippen MR) is 80.9 cm³/mol. The molecule has 1 aromatic rings. The summed E-state index contributed by atoms with van der Waals surface area (Å²) in [6.45, 7) is 2.26. The van der Waals surface area contributed by atoms with Gasteiger partial charge in [0, 0.05) is 12.6 Å². The molecule has 2 rings (SSSR count). The van der Waals surface area contributed by atoms with E-state index in [-0.39, 0.29) is 18.3 Å². The van der Waals surface area contributed by atoms with E-state index in [9.17, 15) is 4.79 Å². The van der Waals surface area contributed by atoms with Gasteiger partial charge >= 0.3 is 0 Å². The molecule has 2 N–H and O–H groups in total. The first-order chi connectivity index (χ1) is 8.49. The summed E-state index contributed by atoms with van der Waals surface area (Å²) in [6, 6.07) is 5.30. The average Bonchev–Trinajstić information content (AvgIpc) is 3.13. The van der Waals surface area contributed by atoms with E-state index in [2.05, 4.69) is 0 Å². The van der Waals surface area contributed by atoms with Crippen LogP contribution in [-0.4, -0.2) is 22.9 Å². The number of carbonyl (C=O) groups is 1. The zero-order valence-electron chi connectivity index (χ0n) is 10.6. The van der Waals surface area contributed by atoms with Gasteiger partial charge in [-0.05, 0) is 37.5 Å². The van der Waals surface area contributed by atoms with Crippen molar-refractivity contribution in [3.8, 4) is 0 Å². The molecular formula is C13H17Cl3N2O. The molecule has 1 aliphatic carbocycles. The second-order valence-electron chi connectivity index (χ2n) is 4.73. The molecule has 1 fully saturated rings. The van der Waals surface area contributed by atoms with E-state index in [4.69, 9.17) is 28.9 Å². The van der Waals surface area contributed by atoms with E-state index in [1.54, 1.807) is 19.1 Å². The number of nitrogens with zero attached hydrogens (tertiary/aromatic N) is 1. The summed E-state index contributed by atoms with van der Waals surface area (Å²) < 4.78 is 0. The summed E-state index contributed by atoms with van der Waals surface area (Å²) in [5.74, 6) is -0.0106. The van der Waals surface area contributed by atoms with Crippen LogP contribution in [0.1, 0.15) is 25.3 Å². The second-order valence-corrected chi connectivity index (χ2v) is 5.55. The van der Waals surface area contributed by atoms with Gasteiger partial charge in [0.15, 0.2) is 0 Å². The minimum Gasteiger partial charge on any atom is -0.334 e. The number of benzene rings is 1. The quantitative estimate of drug-likeness (QED) is 0.924. The van der Waals surface area contributed by atoms with E-state index in [1.807, 2.05) is 11.0 Å². The summed E-state index contributed by atoms with van der Waals surface area (Å²) in [7, 11) is 0. The van der Waals surface area contributed by atoms with Crippen molar-refractivity contribution in [2.24, 2.45) is 5.73 Å². The highest BCUT2D eigenvalue weighted by Gasteiger charge is 2.33. The lowest BCUT2D eigenvalue weighted by atomic mass is 10.2. The number of nitrogens with two attached hydrogens (primary N) is 1. The van der Waals surface area contributed by atoms with E-state index >= 15 is 0 Å². The fourth-order valence-electron chi connectivity index (χ4n) is 1.87. The maximum Gasteiger partial charge on any atom is 0.239 e. The fraction of sp³-hybridized carbons (Fsp3) is 0.462. The Morgan fingerprint density at radius 1 is 1.42 bits per heavy atom. The van der Waals surface area contributed by atoms with Crippen molar-refractivity contribution in [2.75, 3.05) is 0 Å². The Labute approximate surface area is 129 Å². The van der Waals surface area contributed by atoms with Crippen LogP contribution in [-0.2, 0) is 11.3 Å². The first kappa shape index (κ1) is 16.6. The van der Waals surface area contributed by atoms with Gasteiger partial charge in [-0.15, -0.1) is 12.4 Å². The fourth-order valence-corrected chi connectivity index (χ4v) is 2.19. The number of halogens is 3. The normalized spacial score (nSPS) is 15.6. The van der Waals surface area contributed by atoms with Crippen LogP contribution in [0.5, 0.6) is 0 Å². The van der Waals surface area contributed by atoms with Crippen LogP contribution < -0.4 is 5.73 Å². The molecule has 3 nitrogen and oxygen atoms in total. The van der Waals surface area contributed by atoms with Gasteiger partial charge in [0.05, 0.1) is 16.1 Å². The number of hydrogen-bond donors (Lipinski definition) is 1. The molecule has 0 heterocycles. The number of rotatable bonds is 4. The summed E-state index contributed by atoms with van der Waals surface area (Å²) in [4.78, 5) is 13.9. The molecule has 1 aliphatic rings. The Hall–Kier alpha value is -0.480. The van der Waals surface area contributed by atoms with E-state index in [0.29, 0.717) is 22.6 Å². The smallest absolute Gasteiger partial charge is 0.239 e. The van der Waals surface area contributed by atoms with Crippen molar-refractivity contribution in [3.63, 3.8) is 0 Å². The second kappa shape index (κ2) is 6.80. The summed E-state index contributed by atoms with van der Waals surface area (Å²) in [5, 5.41) is 1.04. The van der Waals surface area contributed by atoms with Gasteiger partial charge in [0.25, 0.3) is 0 Å². The molecule has 1 saturated carbocycles. The van der Waals surface area contributed by atoms with Gasteiger partial charge in [-0.3, -0.25) is 4.79 Å². The number of carbonyl (C=O) groups excluding carboxylic acids is 1. The largest absolute Gasteiger partial charge is 0.334 e.